The van der Waals surface area contributed by atoms with E-state index in [1.54, 1.807) is 0 Å². The van der Waals surface area contributed by atoms with Crippen LogP contribution in [0.1, 0.15) is 63.3 Å². The first-order valence-electron chi connectivity index (χ1n) is 17.9. The number of methoxy groups -OCH3 is 1. The average molecular weight is 809 g/mol. The number of benzene rings is 3. The van der Waals surface area contributed by atoms with Crippen molar-refractivity contribution in [3.05, 3.63) is 84.7 Å². The van der Waals surface area contributed by atoms with Gasteiger partial charge in [-0.25, -0.2) is 17.9 Å². The molecule has 2 aliphatic heterocycles. The highest BCUT2D eigenvalue weighted by Gasteiger charge is 2.55. The van der Waals surface area contributed by atoms with E-state index >= 15 is 0 Å². The highest BCUT2D eigenvalue weighted by Crippen LogP contribution is 2.58. The monoisotopic (exact) mass is 808 g/mol. The van der Waals surface area contributed by atoms with Crippen LogP contribution in [-0.4, -0.2) is 66.2 Å². The molecule has 5 aromatic rings. The zero-order valence-corrected chi connectivity index (χ0v) is 31.6. The Morgan fingerprint density at radius 2 is 1.52 bits per heavy atom. The number of aromatic amines is 2. The van der Waals surface area contributed by atoms with Crippen molar-refractivity contribution in [1.29, 1.82) is 5.26 Å². The van der Waals surface area contributed by atoms with Crippen LogP contribution >= 0.6 is 22.9 Å². The van der Waals surface area contributed by atoms with Gasteiger partial charge >= 0.3 is 6.09 Å². The van der Waals surface area contributed by atoms with E-state index in [9.17, 15) is 14.9 Å². The molecule has 2 amide bonds. The van der Waals surface area contributed by atoms with Crippen LogP contribution in [0, 0.1) is 28.6 Å². The molecule has 3 N–H and O–H groups in total. The van der Waals surface area contributed by atoms with Crippen molar-refractivity contribution in [2.75, 3.05) is 20.2 Å². The second-order valence-electron chi connectivity index (χ2n) is 14.9. The SMILES string of the molecule is COC(=O)N[C@H](C(=O)N1CC2(CC2)C[C@H]1c1ncc(-c2ccc(-c3ccc4cc(-c5cnc([C@@H]6C[C@H](C#N)CN6I)[nH]5)ccc4c3)cc2)[nH]1)C(C)C. The summed E-state index contributed by atoms with van der Waals surface area (Å²) in [6.45, 7) is 5.29. The number of amides is 2. The van der Waals surface area contributed by atoms with E-state index in [2.05, 4.69) is 113 Å². The first kappa shape index (κ1) is 34.4. The van der Waals surface area contributed by atoms with Gasteiger partial charge in [0, 0.05) is 41.5 Å². The number of H-pyrrole nitrogens is 2. The van der Waals surface area contributed by atoms with Crippen molar-refractivity contribution in [3.63, 3.8) is 0 Å². The van der Waals surface area contributed by atoms with Gasteiger partial charge < -0.3 is 24.9 Å². The molecular weight excluding hydrogens is 767 g/mol. The number of fused-ring (bicyclic) bond motifs is 1. The Bertz CT molecular complexity index is 2180. The predicted octanol–water partition coefficient (Wildman–Crippen LogP) is 7.96. The molecule has 1 saturated carbocycles. The second kappa shape index (κ2) is 13.7. The molecule has 3 aliphatic rings. The van der Waals surface area contributed by atoms with Gasteiger partial charge in [0.1, 0.15) is 17.7 Å². The van der Waals surface area contributed by atoms with Gasteiger partial charge in [0.2, 0.25) is 5.91 Å². The minimum Gasteiger partial charge on any atom is -0.453 e. The topological polar surface area (TPSA) is 143 Å². The molecule has 0 unspecified atom stereocenters. The fourth-order valence-corrected chi connectivity index (χ4v) is 8.79. The van der Waals surface area contributed by atoms with E-state index in [-0.39, 0.29) is 35.2 Å². The lowest BCUT2D eigenvalue weighted by Crippen LogP contribution is -2.51. The third-order valence-corrected chi connectivity index (χ3v) is 12.1. The van der Waals surface area contributed by atoms with Crippen LogP contribution in [0.15, 0.2) is 73.1 Å². The molecule has 4 heterocycles. The maximum absolute atomic E-state index is 13.8. The highest BCUT2D eigenvalue weighted by molar-refractivity contribution is 14.1. The quantitative estimate of drug-likeness (QED) is 0.107. The molecule has 4 atom stereocenters. The third-order valence-electron chi connectivity index (χ3n) is 11.1. The van der Waals surface area contributed by atoms with Gasteiger partial charge in [-0.1, -0.05) is 62.4 Å². The van der Waals surface area contributed by atoms with Gasteiger partial charge in [0.05, 0.1) is 55.0 Å². The Balaban J connectivity index is 0.974. The van der Waals surface area contributed by atoms with E-state index in [0.29, 0.717) is 6.54 Å². The summed E-state index contributed by atoms with van der Waals surface area (Å²) in [4.78, 5) is 44.3. The zero-order valence-electron chi connectivity index (χ0n) is 29.4. The molecule has 12 heteroatoms. The van der Waals surface area contributed by atoms with Crippen LogP contribution in [0.4, 0.5) is 4.79 Å². The van der Waals surface area contributed by atoms with Gasteiger partial charge in [0.15, 0.2) is 0 Å². The summed E-state index contributed by atoms with van der Waals surface area (Å²) in [5.74, 6) is 1.52. The van der Waals surface area contributed by atoms with Crippen LogP contribution in [0.2, 0.25) is 0 Å². The number of hydrogen-bond donors (Lipinski definition) is 3. The van der Waals surface area contributed by atoms with Crippen LogP contribution < -0.4 is 5.32 Å². The number of aromatic nitrogens is 4. The van der Waals surface area contributed by atoms with Crippen molar-refractivity contribution < 1.29 is 14.3 Å². The molecule has 0 bridgehead atoms. The Morgan fingerprint density at radius 3 is 2.13 bits per heavy atom. The Hall–Kier alpha value is -4.74. The maximum Gasteiger partial charge on any atom is 0.407 e. The number of nitriles is 1. The summed E-state index contributed by atoms with van der Waals surface area (Å²) in [6, 6.07) is 23.1. The first-order valence-corrected chi connectivity index (χ1v) is 18.8. The van der Waals surface area contributed by atoms with Gasteiger partial charge in [0.25, 0.3) is 0 Å². The number of nitrogens with zero attached hydrogens (tertiary/aromatic N) is 5. The lowest BCUT2D eigenvalue weighted by molar-refractivity contribution is -0.135. The number of rotatable bonds is 8. The Kier molecular flexibility index (Phi) is 9.03. The van der Waals surface area contributed by atoms with Crippen molar-refractivity contribution in [3.8, 4) is 39.7 Å². The van der Waals surface area contributed by atoms with Gasteiger partial charge in [-0.3, -0.25) is 4.79 Å². The van der Waals surface area contributed by atoms with E-state index < -0.39 is 12.1 Å². The number of likely N-dealkylation sites (tertiary alicyclic amines) is 1. The summed E-state index contributed by atoms with van der Waals surface area (Å²) in [7, 11) is 1.31. The van der Waals surface area contributed by atoms with E-state index in [0.717, 1.165) is 88.3 Å². The predicted molar refractivity (Wildman–Crippen MR) is 207 cm³/mol. The van der Waals surface area contributed by atoms with Crippen LogP contribution in [0.25, 0.3) is 44.4 Å². The number of hydrogen-bond acceptors (Lipinski definition) is 7. The van der Waals surface area contributed by atoms with E-state index in [4.69, 9.17) is 9.72 Å². The molecule has 266 valence electrons. The highest BCUT2D eigenvalue weighted by atomic mass is 127. The lowest BCUT2D eigenvalue weighted by Gasteiger charge is -2.30. The summed E-state index contributed by atoms with van der Waals surface area (Å²) in [5.41, 5.74) is 6.35. The van der Waals surface area contributed by atoms with Crippen LogP contribution in [0.3, 0.4) is 0 Å². The number of nitrogens with one attached hydrogen (secondary N) is 3. The van der Waals surface area contributed by atoms with E-state index in [1.807, 2.05) is 31.1 Å². The number of imidazole rings is 2. The molecular formula is C40H41IN8O3. The largest absolute Gasteiger partial charge is 0.453 e. The molecule has 3 fully saturated rings. The molecule has 3 aromatic carbocycles. The summed E-state index contributed by atoms with van der Waals surface area (Å²) < 4.78 is 6.98. The Labute approximate surface area is 316 Å². The molecule has 11 nitrogen and oxygen atoms in total. The average Bonchev–Trinajstić information content (AvgIpc) is 3.62. The zero-order chi connectivity index (χ0) is 36.1. The summed E-state index contributed by atoms with van der Waals surface area (Å²) in [6.07, 6.45) is 6.99. The second-order valence-corrected chi connectivity index (χ2v) is 16.2. The third kappa shape index (κ3) is 6.56. The molecule has 1 aliphatic carbocycles. The minimum atomic E-state index is -0.670. The number of halogens is 1. The normalized spacial score (nSPS) is 21.5. The van der Waals surface area contributed by atoms with Crippen molar-refractivity contribution in [2.24, 2.45) is 17.3 Å². The van der Waals surface area contributed by atoms with Crippen molar-refractivity contribution in [2.45, 2.75) is 57.7 Å². The van der Waals surface area contributed by atoms with Gasteiger partial charge in [-0.2, -0.15) is 5.26 Å². The molecule has 8 rings (SSSR count). The Morgan fingerprint density at radius 1 is 0.923 bits per heavy atom. The fraction of sp³-hybridized carbons (Fsp3) is 0.375. The van der Waals surface area contributed by atoms with Gasteiger partial charge in [-0.15, -0.1) is 0 Å². The molecule has 2 aromatic heterocycles. The van der Waals surface area contributed by atoms with Crippen molar-refractivity contribution >= 4 is 45.6 Å². The minimum absolute atomic E-state index is 0.0317. The molecule has 0 radical (unpaired) electrons. The number of ether oxygens (including phenoxy) is 1. The molecule has 52 heavy (non-hydrogen) atoms. The summed E-state index contributed by atoms with van der Waals surface area (Å²) >= 11 is 2.30. The maximum atomic E-state index is 13.8. The number of carbonyl (C=O) groups excluding carboxylic acids is 2. The summed E-state index contributed by atoms with van der Waals surface area (Å²) in [5, 5.41) is 14.4. The molecule has 2 saturated heterocycles. The molecule has 1 spiro atoms. The van der Waals surface area contributed by atoms with Crippen LogP contribution in [0.5, 0.6) is 0 Å². The van der Waals surface area contributed by atoms with Crippen molar-refractivity contribution in [1.82, 2.24) is 33.3 Å². The lowest BCUT2D eigenvalue weighted by atomic mass is 9.98. The first-order chi connectivity index (χ1) is 25.1. The van der Waals surface area contributed by atoms with Gasteiger partial charge in [-0.05, 0) is 76.6 Å². The smallest absolute Gasteiger partial charge is 0.407 e. The van der Waals surface area contributed by atoms with Crippen LogP contribution in [-0.2, 0) is 9.53 Å². The number of alkyl carbamates (subject to hydrolysis) is 1. The number of carbonyl (C=O) groups is 2. The standard InChI is InChI=1S/C40H41IN8O3/c1-23(2)35(47-39(51)52-3)38(50)48-22-40(12-13-40)17-34(48)37-44-19-31(45-37)26-6-4-25(5-7-26)27-8-9-29-16-30(11-10-28(29)15-27)32-20-43-36(46-32)33-14-24(18-42)21-49(33)41/h4-11,15-16,19-20,23-24,33-35H,12-14,17,21-22H2,1-3H3,(H,43,46)(H,44,45)(H,47,51)/t24-,33+,34+,35+/m1/s1. The van der Waals surface area contributed by atoms with E-state index in [1.165, 1.54) is 7.11 Å². The fourth-order valence-electron chi connectivity index (χ4n) is 7.82.